The zero-order valence-electron chi connectivity index (χ0n) is 25.7. The molecule has 0 bridgehead atoms. The topological polar surface area (TPSA) is 142 Å². The van der Waals surface area contributed by atoms with Gasteiger partial charge >= 0.3 is 0 Å². The SMILES string of the molecule is N#Cc1cnc2cc(OC3CCOC3)c(NC(=O)C=C3CCN(CCO)CC3)cc2c1Nc1ccc(OCc2ccccn2)c(Cl)c1. The van der Waals surface area contributed by atoms with E-state index in [4.69, 9.17) is 25.8 Å². The van der Waals surface area contributed by atoms with E-state index in [0.29, 0.717) is 69.8 Å². The summed E-state index contributed by atoms with van der Waals surface area (Å²) in [7, 11) is 0. The molecule has 4 heterocycles. The van der Waals surface area contributed by atoms with Crippen LogP contribution in [0.3, 0.4) is 0 Å². The van der Waals surface area contributed by atoms with Gasteiger partial charge in [0.1, 0.15) is 30.3 Å². The van der Waals surface area contributed by atoms with Gasteiger partial charge in [0.25, 0.3) is 0 Å². The Hall–Kier alpha value is -4.73. The lowest BCUT2D eigenvalue weighted by Crippen LogP contribution is -2.33. The Kier molecular flexibility index (Phi) is 10.4. The van der Waals surface area contributed by atoms with Gasteiger partial charge in [-0.15, -0.1) is 0 Å². The molecule has 2 aliphatic rings. The first-order valence-electron chi connectivity index (χ1n) is 15.5. The van der Waals surface area contributed by atoms with Crippen molar-refractivity contribution < 1.29 is 24.1 Å². The molecule has 2 aromatic carbocycles. The fraction of sp³-hybridized carbons (Fsp3) is 0.314. The van der Waals surface area contributed by atoms with Gasteiger partial charge in [0.2, 0.25) is 5.91 Å². The van der Waals surface area contributed by atoms with Gasteiger partial charge in [0, 0.05) is 61.7 Å². The second kappa shape index (κ2) is 15.2. The van der Waals surface area contributed by atoms with Crippen molar-refractivity contribution in [2.45, 2.75) is 32.0 Å². The maximum absolute atomic E-state index is 13.3. The summed E-state index contributed by atoms with van der Waals surface area (Å²) in [6, 6.07) is 16.7. The summed E-state index contributed by atoms with van der Waals surface area (Å²) in [5.74, 6) is 0.700. The summed E-state index contributed by atoms with van der Waals surface area (Å²) in [5.41, 5.74) is 4.32. The third-order valence-corrected chi connectivity index (χ3v) is 8.38. The van der Waals surface area contributed by atoms with Crippen molar-refractivity contribution in [2.24, 2.45) is 0 Å². The van der Waals surface area contributed by atoms with Crippen LogP contribution in [0.15, 0.2) is 72.6 Å². The van der Waals surface area contributed by atoms with Crippen molar-refractivity contribution in [2.75, 3.05) is 50.1 Å². The maximum Gasteiger partial charge on any atom is 0.248 e. The number of likely N-dealkylation sites (tertiary alicyclic amines) is 1. The summed E-state index contributed by atoms with van der Waals surface area (Å²) in [6.45, 7) is 3.67. The lowest BCUT2D eigenvalue weighted by atomic mass is 10.0. The Balaban J connectivity index is 1.28. The van der Waals surface area contributed by atoms with Gasteiger partial charge in [0.15, 0.2) is 0 Å². The monoisotopic (exact) mass is 654 g/mol. The maximum atomic E-state index is 13.3. The number of nitriles is 1. The number of carbonyl (C=O) groups is 1. The Morgan fingerprint density at radius 2 is 2.04 bits per heavy atom. The third kappa shape index (κ3) is 8.17. The van der Waals surface area contributed by atoms with Gasteiger partial charge in [-0.05, 0) is 49.2 Å². The van der Waals surface area contributed by atoms with E-state index in [-0.39, 0.29) is 25.2 Å². The number of aliphatic hydroxyl groups is 1. The molecule has 6 rings (SSSR count). The number of ether oxygens (including phenoxy) is 3. The van der Waals surface area contributed by atoms with Crippen LogP contribution < -0.4 is 20.1 Å². The summed E-state index contributed by atoms with van der Waals surface area (Å²) in [6.07, 6.45) is 6.94. The third-order valence-electron chi connectivity index (χ3n) is 8.08. The zero-order chi connectivity index (χ0) is 32.6. The molecule has 1 unspecified atom stereocenters. The fourth-order valence-electron chi connectivity index (χ4n) is 5.60. The van der Waals surface area contributed by atoms with E-state index >= 15 is 0 Å². The number of piperidine rings is 1. The van der Waals surface area contributed by atoms with Crippen molar-refractivity contribution in [1.82, 2.24) is 14.9 Å². The summed E-state index contributed by atoms with van der Waals surface area (Å²) < 4.78 is 17.7. The Bertz CT molecular complexity index is 1800. The van der Waals surface area contributed by atoms with Gasteiger partial charge in [-0.3, -0.25) is 14.8 Å². The number of hydrogen-bond acceptors (Lipinski definition) is 10. The van der Waals surface area contributed by atoms with Crippen LogP contribution in [-0.2, 0) is 16.1 Å². The molecule has 4 aromatic rings. The molecule has 11 nitrogen and oxygen atoms in total. The molecule has 0 saturated carbocycles. The molecule has 2 aliphatic heterocycles. The number of nitrogens with zero attached hydrogens (tertiary/aromatic N) is 4. The van der Waals surface area contributed by atoms with E-state index in [1.54, 1.807) is 36.5 Å². The normalized spacial score (nSPS) is 16.4. The van der Waals surface area contributed by atoms with Crippen molar-refractivity contribution in [3.05, 3.63) is 88.9 Å². The quantitative estimate of drug-likeness (QED) is 0.175. The average molecular weight is 655 g/mol. The largest absolute Gasteiger partial charge is 0.486 e. The first-order chi connectivity index (χ1) is 23.0. The molecule has 47 heavy (non-hydrogen) atoms. The van der Waals surface area contributed by atoms with Crippen LogP contribution in [0.4, 0.5) is 17.1 Å². The van der Waals surface area contributed by atoms with Gasteiger partial charge in [-0.2, -0.15) is 5.26 Å². The lowest BCUT2D eigenvalue weighted by Gasteiger charge is -2.27. The second-order valence-electron chi connectivity index (χ2n) is 11.4. The van der Waals surface area contributed by atoms with E-state index in [2.05, 4.69) is 31.6 Å². The highest BCUT2D eigenvalue weighted by atomic mass is 35.5. The molecular weight excluding hydrogens is 620 g/mol. The second-order valence-corrected chi connectivity index (χ2v) is 11.8. The van der Waals surface area contributed by atoms with Crippen LogP contribution in [0.1, 0.15) is 30.5 Å². The number of hydrogen-bond donors (Lipinski definition) is 3. The first-order valence-corrected chi connectivity index (χ1v) is 15.9. The van der Waals surface area contributed by atoms with Gasteiger partial charge in [0.05, 0.1) is 53.0 Å². The Morgan fingerprint density at radius 1 is 1.17 bits per heavy atom. The highest BCUT2D eigenvalue weighted by Gasteiger charge is 2.22. The summed E-state index contributed by atoms with van der Waals surface area (Å²) in [5, 5.41) is 26.6. The van der Waals surface area contributed by atoms with Crippen LogP contribution in [0.5, 0.6) is 11.5 Å². The van der Waals surface area contributed by atoms with Gasteiger partial charge < -0.3 is 34.9 Å². The van der Waals surface area contributed by atoms with Crippen LogP contribution in [0.25, 0.3) is 10.9 Å². The molecule has 0 spiro atoms. The van der Waals surface area contributed by atoms with Crippen molar-refractivity contribution >= 4 is 45.5 Å². The number of nitrogens with one attached hydrogen (secondary N) is 2. The molecular formula is C35H35ClN6O5. The van der Waals surface area contributed by atoms with E-state index in [9.17, 15) is 15.2 Å². The van der Waals surface area contributed by atoms with E-state index in [1.807, 2.05) is 24.3 Å². The molecule has 2 fully saturated rings. The highest BCUT2D eigenvalue weighted by Crippen LogP contribution is 2.38. The van der Waals surface area contributed by atoms with E-state index in [1.165, 1.54) is 6.20 Å². The average Bonchev–Trinajstić information content (AvgIpc) is 3.60. The van der Waals surface area contributed by atoms with Crippen LogP contribution in [0.2, 0.25) is 5.02 Å². The molecule has 1 atom stereocenters. The number of β-amino-alcohol motifs (C(OH)–C–C–N with tert-alkyl or cyclic N) is 1. The number of halogens is 1. The minimum atomic E-state index is -0.269. The number of aliphatic hydroxyl groups excluding tert-OH is 1. The standard InChI is InChI=1S/C35H35ClN6O5/c36-29-16-25(4-5-32(29)46-21-26-3-1-2-9-38-26)40-35-24(19-37)20-39-30-18-33(47-27-8-14-45-22-27)31(17-28(30)35)41-34(44)15-23-6-10-42(11-7-23)12-13-43/h1-5,9,15-18,20,27,43H,6-8,10-14,21-22H2,(H,39,40)(H,41,44). The van der Waals surface area contributed by atoms with Crippen LogP contribution >= 0.6 is 11.6 Å². The first kappa shape index (κ1) is 32.2. The minimum Gasteiger partial charge on any atom is -0.486 e. The van der Waals surface area contributed by atoms with Crippen LogP contribution in [-0.4, -0.2) is 71.4 Å². The molecule has 0 aliphatic carbocycles. The number of amides is 1. The fourth-order valence-corrected chi connectivity index (χ4v) is 5.83. The Morgan fingerprint density at radius 3 is 2.77 bits per heavy atom. The van der Waals surface area contributed by atoms with Crippen LogP contribution in [0, 0.1) is 11.3 Å². The number of rotatable bonds is 11. The predicted octanol–water partition coefficient (Wildman–Crippen LogP) is 5.60. The number of pyridine rings is 2. The predicted molar refractivity (Wildman–Crippen MR) is 179 cm³/mol. The zero-order valence-corrected chi connectivity index (χ0v) is 26.5. The van der Waals surface area contributed by atoms with Crippen molar-refractivity contribution in [3.63, 3.8) is 0 Å². The highest BCUT2D eigenvalue weighted by molar-refractivity contribution is 6.32. The Labute approximate surface area is 277 Å². The molecule has 242 valence electrons. The van der Waals surface area contributed by atoms with Crippen molar-refractivity contribution in [1.29, 1.82) is 5.26 Å². The molecule has 3 N–H and O–H groups in total. The molecule has 0 radical (unpaired) electrons. The number of aromatic nitrogens is 2. The summed E-state index contributed by atoms with van der Waals surface area (Å²) >= 11 is 6.59. The minimum absolute atomic E-state index is 0.120. The summed E-state index contributed by atoms with van der Waals surface area (Å²) in [4.78, 5) is 24.3. The van der Waals surface area contributed by atoms with Gasteiger partial charge in [-0.1, -0.05) is 23.2 Å². The number of fused-ring (bicyclic) bond motifs is 1. The molecule has 2 aromatic heterocycles. The molecule has 2 saturated heterocycles. The van der Waals surface area contributed by atoms with E-state index < -0.39 is 0 Å². The number of benzene rings is 2. The molecule has 12 heteroatoms. The van der Waals surface area contributed by atoms with Crippen molar-refractivity contribution in [3.8, 4) is 17.6 Å². The number of carbonyl (C=O) groups excluding carboxylic acids is 1. The molecule has 1 amide bonds. The van der Waals surface area contributed by atoms with Gasteiger partial charge in [-0.25, -0.2) is 0 Å². The van der Waals surface area contributed by atoms with E-state index in [0.717, 1.165) is 43.6 Å². The lowest BCUT2D eigenvalue weighted by molar-refractivity contribution is -0.112. The number of anilines is 3. The smallest absolute Gasteiger partial charge is 0.248 e.